The summed E-state index contributed by atoms with van der Waals surface area (Å²) >= 11 is 0. The molecule has 1 aromatic carbocycles. The minimum Gasteiger partial charge on any atom is -0.356 e. The molecule has 0 saturated carbocycles. The highest BCUT2D eigenvalue weighted by Crippen LogP contribution is 2.35. The molecule has 3 aromatic heterocycles. The topological polar surface area (TPSA) is 72.6 Å². The summed E-state index contributed by atoms with van der Waals surface area (Å²) in [7, 11) is 0. The Labute approximate surface area is 176 Å². The maximum atomic E-state index is 4.73. The van der Waals surface area contributed by atoms with E-state index in [0.29, 0.717) is 5.92 Å². The van der Waals surface area contributed by atoms with E-state index in [-0.39, 0.29) is 0 Å². The van der Waals surface area contributed by atoms with Crippen LogP contribution in [0.3, 0.4) is 0 Å². The van der Waals surface area contributed by atoms with Crippen LogP contribution in [0.5, 0.6) is 0 Å². The molecule has 0 aliphatic carbocycles. The second kappa shape index (κ2) is 7.43. The predicted octanol–water partition coefficient (Wildman–Crippen LogP) is 4.56. The van der Waals surface area contributed by atoms with Crippen molar-refractivity contribution in [2.75, 3.05) is 31.1 Å². The molecule has 4 aromatic rings. The molecule has 5 heterocycles. The number of nitrogens with one attached hydrogen (secondary N) is 3. The van der Waals surface area contributed by atoms with Gasteiger partial charge in [-0.3, -0.25) is 5.10 Å². The van der Waals surface area contributed by atoms with E-state index in [2.05, 4.69) is 55.7 Å². The molecule has 0 spiro atoms. The Morgan fingerprint density at radius 1 is 0.900 bits per heavy atom. The van der Waals surface area contributed by atoms with Crippen molar-refractivity contribution in [2.24, 2.45) is 0 Å². The van der Waals surface area contributed by atoms with Crippen molar-refractivity contribution in [1.29, 1.82) is 0 Å². The van der Waals surface area contributed by atoms with Gasteiger partial charge in [-0.25, -0.2) is 4.98 Å². The average Bonchev–Trinajstić information content (AvgIpc) is 3.43. The van der Waals surface area contributed by atoms with Gasteiger partial charge in [-0.15, -0.1) is 0 Å². The van der Waals surface area contributed by atoms with Crippen molar-refractivity contribution in [3.63, 3.8) is 0 Å². The maximum Gasteiger partial charge on any atom is 0.137 e. The zero-order valence-corrected chi connectivity index (χ0v) is 17.2. The fourth-order valence-corrected chi connectivity index (χ4v) is 5.17. The van der Waals surface area contributed by atoms with Gasteiger partial charge in [-0.2, -0.15) is 5.10 Å². The first kappa shape index (κ1) is 18.0. The minimum absolute atomic E-state index is 0.635. The molecule has 6 heteroatoms. The van der Waals surface area contributed by atoms with Crippen LogP contribution in [0.4, 0.5) is 5.82 Å². The Bertz CT molecular complexity index is 1180. The van der Waals surface area contributed by atoms with Crippen molar-refractivity contribution in [3.8, 4) is 11.4 Å². The minimum atomic E-state index is 0.635. The third-order valence-corrected chi connectivity index (χ3v) is 6.84. The van der Waals surface area contributed by atoms with Gasteiger partial charge in [-0.1, -0.05) is 6.07 Å². The van der Waals surface area contributed by atoms with Gasteiger partial charge in [0.2, 0.25) is 0 Å². The van der Waals surface area contributed by atoms with Gasteiger partial charge in [0, 0.05) is 30.1 Å². The van der Waals surface area contributed by atoms with Crippen molar-refractivity contribution in [3.05, 3.63) is 42.1 Å². The van der Waals surface area contributed by atoms with Crippen LogP contribution in [0.15, 0.2) is 36.5 Å². The Balaban J connectivity index is 1.42. The fourth-order valence-electron chi connectivity index (χ4n) is 5.17. The molecule has 2 saturated heterocycles. The van der Waals surface area contributed by atoms with E-state index >= 15 is 0 Å². The normalized spacial score (nSPS) is 18.5. The van der Waals surface area contributed by atoms with Crippen molar-refractivity contribution >= 4 is 27.6 Å². The molecule has 0 bridgehead atoms. The number of rotatable bonds is 3. The van der Waals surface area contributed by atoms with Gasteiger partial charge in [-0.05, 0) is 80.9 Å². The van der Waals surface area contributed by atoms with Crippen LogP contribution in [0.1, 0.15) is 43.6 Å². The first-order valence-corrected chi connectivity index (χ1v) is 11.3. The van der Waals surface area contributed by atoms with Gasteiger partial charge >= 0.3 is 0 Å². The lowest BCUT2D eigenvalue weighted by Crippen LogP contribution is -2.30. The summed E-state index contributed by atoms with van der Waals surface area (Å²) in [6.07, 6.45) is 8.15. The second-order valence-electron chi connectivity index (χ2n) is 8.73. The van der Waals surface area contributed by atoms with Gasteiger partial charge in [0.05, 0.1) is 16.7 Å². The fraction of sp³-hybridized carbons (Fsp3) is 0.417. The molecule has 30 heavy (non-hydrogen) atoms. The standard InChI is InChI=1S/C24H28N6/c1-2-12-30(13-3-1)24-19-15-22(27-20(19)8-11-26-24)23-18-14-17(4-5-21(18)28-29-23)16-6-9-25-10-7-16/h4-5,8,11,14-16,25,27H,1-3,6-7,9-10,12-13H2,(H,28,29). The third kappa shape index (κ3) is 3.06. The van der Waals surface area contributed by atoms with Crippen LogP contribution in [-0.2, 0) is 0 Å². The quantitative estimate of drug-likeness (QED) is 0.471. The Morgan fingerprint density at radius 2 is 1.77 bits per heavy atom. The molecule has 6 nitrogen and oxygen atoms in total. The zero-order valence-electron chi connectivity index (χ0n) is 17.2. The number of hydrogen-bond acceptors (Lipinski definition) is 4. The number of aromatic amines is 2. The Kier molecular flexibility index (Phi) is 4.45. The molecular weight excluding hydrogens is 372 g/mol. The Morgan fingerprint density at radius 3 is 2.63 bits per heavy atom. The van der Waals surface area contributed by atoms with Crippen LogP contribution in [0.25, 0.3) is 33.2 Å². The van der Waals surface area contributed by atoms with Gasteiger partial charge in [0.15, 0.2) is 0 Å². The summed E-state index contributed by atoms with van der Waals surface area (Å²) in [6.45, 7) is 4.40. The molecule has 0 radical (unpaired) electrons. The number of hydrogen-bond donors (Lipinski definition) is 3. The number of piperidine rings is 2. The van der Waals surface area contributed by atoms with E-state index in [0.717, 1.165) is 54.4 Å². The van der Waals surface area contributed by atoms with E-state index in [1.807, 2.05) is 6.20 Å². The lowest BCUT2D eigenvalue weighted by molar-refractivity contribution is 0.460. The molecule has 154 valence electrons. The van der Waals surface area contributed by atoms with E-state index in [1.165, 1.54) is 48.4 Å². The van der Waals surface area contributed by atoms with Crippen molar-refractivity contribution in [1.82, 2.24) is 25.5 Å². The number of fused-ring (bicyclic) bond motifs is 2. The number of benzene rings is 1. The lowest BCUT2D eigenvalue weighted by atomic mass is 9.89. The molecule has 0 unspecified atom stereocenters. The summed E-state index contributed by atoms with van der Waals surface area (Å²) < 4.78 is 0. The van der Waals surface area contributed by atoms with Crippen LogP contribution >= 0.6 is 0 Å². The number of aromatic nitrogens is 4. The maximum absolute atomic E-state index is 4.73. The predicted molar refractivity (Wildman–Crippen MR) is 122 cm³/mol. The number of H-pyrrole nitrogens is 2. The number of nitrogens with zero attached hydrogens (tertiary/aromatic N) is 3. The van der Waals surface area contributed by atoms with Crippen LogP contribution < -0.4 is 10.2 Å². The molecule has 6 rings (SSSR count). The highest BCUT2D eigenvalue weighted by molar-refractivity contribution is 5.99. The first-order valence-electron chi connectivity index (χ1n) is 11.3. The third-order valence-electron chi connectivity index (χ3n) is 6.84. The zero-order chi connectivity index (χ0) is 19.9. The Hall–Kier alpha value is -2.86. The van der Waals surface area contributed by atoms with Crippen LogP contribution in [0.2, 0.25) is 0 Å². The number of anilines is 1. The molecule has 2 fully saturated rings. The summed E-state index contributed by atoms with van der Waals surface area (Å²) in [5.41, 5.74) is 5.71. The van der Waals surface area contributed by atoms with Crippen LogP contribution in [-0.4, -0.2) is 46.3 Å². The lowest BCUT2D eigenvalue weighted by Gasteiger charge is -2.28. The summed E-state index contributed by atoms with van der Waals surface area (Å²) in [6, 6.07) is 11.1. The molecule has 0 amide bonds. The van der Waals surface area contributed by atoms with Crippen LogP contribution in [0, 0.1) is 0 Å². The summed E-state index contributed by atoms with van der Waals surface area (Å²) in [4.78, 5) is 10.8. The summed E-state index contributed by atoms with van der Waals surface area (Å²) in [5, 5.41) is 13.8. The average molecular weight is 401 g/mol. The number of pyridine rings is 1. The van der Waals surface area contributed by atoms with Gasteiger partial charge in [0.25, 0.3) is 0 Å². The van der Waals surface area contributed by atoms with E-state index in [1.54, 1.807) is 0 Å². The van der Waals surface area contributed by atoms with E-state index in [9.17, 15) is 0 Å². The second-order valence-corrected chi connectivity index (χ2v) is 8.73. The molecular formula is C24H28N6. The monoisotopic (exact) mass is 400 g/mol. The molecule has 2 aliphatic rings. The van der Waals surface area contributed by atoms with Crippen molar-refractivity contribution < 1.29 is 0 Å². The summed E-state index contributed by atoms with van der Waals surface area (Å²) in [5.74, 6) is 1.74. The van der Waals surface area contributed by atoms with E-state index < -0.39 is 0 Å². The van der Waals surface area contributed by atoms with Gasteiger partial charge < -0.3 is 15.2 Å². The van der Waals surface area contributed by atoms with Crippen molar-refractivity contribution in [2.45, 2.75) is 38.0 Å². The highest BCUT2D eigenvalue weighted by Gasteiger charge is 2.20. The largest absolute Gasteiger partial charge is 0.356 e. The first-order chi connectivity index (χ1) is 14.9. The van der Waals surface area contributed by atoms with E-state index in [4.69, 9.17) is 4.98 Å². The SMILES string of the molecule is c1cc2[nH]c(-c3n[nH]c4ccc(C5CCNCC5)cc34)cc2c(N2CCCCC2)n1. The molecule has 0 atom stereocenters. The smallest absolute Gasteiger partial charge is 0.137 e. The molecule has 2 aliphatic heterocycles. The molecule has 3 N–H and O–H groups in total. The highest BCUT2D eigenvalue weighted by atomic mass is 15.2. The van der Waals surface area contributed by atoms with Gasteiger partial charge in [0.1, 0.15) is 11.5 Å².